The van der Waals surface area contributed by atoms with Crippen molar-refractivity contribution in [1.29, 1.82) is 0 Å². The Morgan fingerprint density at radius 2 is 1.13 bits per heavy atom. The SMILES string of the molecule is CCCCCCCCCCCCCCC(CCC)OS(N)(=O)=O. The van der Waals surface area contributed by atoms with Gasteiger partial charge in [0.15, 0.2) is 0 Å². The smallest absolute Gasteiger partial charge is 0.255 e. The van der Waals surface area contributed by atoms with E-state index in [2.05, 4.69) is 6.92 Å². The minimum absolute atomic E-state index is 0.238. The molecule has 0 aliphatic heterocycles. The second-order valence-electron chi connectivity index (χ2n) is 6.68. The summed E-state index contributed by atoms with van der Waals surface area (Å²) >= 11 is 0. The highest BCUT2D eigenvalue weighted by atomic mass is 32.2. The molecule has 4 nitrogen and oxygen atoms in total. The highest BCUT2D eigenvalue weighted by Gasteiger charge is 2.14. The van der Waals surface area contributed by atoms with Crippen molar-refractivity contribution >= 4 is 10.3 Å². The summed E-state index contributed by atoms with van der Waals surface area (Å²) in [6, 6.07) is 0. The van der Waals surface area contributed by atoms with Crippen LogP contribution >= 0.6 is 0 Å². The molecule has 0 spiro atoms. The molecular formula is C18H39NO3S. The molecule has 0 aromatic carbocycles. The lowest BCUT2D eigenvalue weighted by atomic mass is 10.0. The van der Waals surface area contributed by atoms with Crippen molar-refractivity contribution in [3.8, 4) is 0 Å². The van der Waals surface area contributed by atoms with Crippen LogP contribution in [0.1, 0.15) is 110 Å². The molecule has 5 heteroatoms. The van der Waals surface area contributed by atoms with Crippen LogP contribution in [0.25, 0.3) is 0 Å². The van der Waals surface area contributed by atoms with Crippen LogP contribution < -0.4 is 5.14 Å². The summed E-state index contributed by atoms with van der Waals surface area (Å²) in [5, 5.41) is 4.95. The van der Waals surface area contributed by atoms with Gasteiger partial charge in [-0.2, -0.15) is 8.42 Å². The first-order chi connectivity index (χ1) is 11.0. The molecule has 2 N–H and O–H groups in total. The molecule has 0 saturated carbocycles. The first kappa shape index (κ1) is 22.9. The first-order valence-electron chi connectivity index (χ1n) is 9.70. The first-order valence-corrected chi connectivity index (χ1v) is 11.2. The summed E-state index contributed by atoms with van der Waals surface area (Å²) in [5.74, 6) is 0. The Labute approximate surface area is 144 Å². The van der Waals surface area contributed by atoms with Crippen LogP contribution in [0.15, 0.2) is 0 Å². The minimum atomic E-state index is -3.81. The third kappa shape index (κ3) is 18.1. The van der Waals surface area contributed by atoms with Gasteiger partial charge in [-0.15, -0.1) is 0 Å². The van der Waals surface area contributed by atoms with Gasteiger partial charge in [-0.1, -0.05) is 97.3 Å². The highest BCUT2D eigenvalue weighted by Crippen LogP contribution is 2.16. The van der Waals surface area contributed by atoms with Crippen LogP contribution in [0.5, 0.6) is 0 Å². The standard InChI is InChI=1S/C18H39NO3S/c1-3-5-6-7-8-9-10-11-12-13-14-15-17-18(16-4-2)22-23(19,20)21/h18H,3-17H2,1-2H3,(H2,19,20,21). The Kier molecular flexibility index (Phi) is 15.3. The molecule has 140 valence electrons. The van der Waals surface area contributed by atoms with Gasteiger partial charge in [0.05, 0.1) is 6.10 Å². The van der Waals surface area contributed by atoms with Gasteiger partial charge >= 0.3 is 10.3 Å². The second kappa shape index (κ2) is 15.4. The lowest BCUT2D eigenvalue weighted by Gasteiger charge is -2.14. The van der Waals surface area contributed by atoms with Crippen molar-refractivity contribution in [3.63, 3.8) is 0 Å². The van der Waals surface area contributed by atoms with Crippen molar-refractivity contribution in [3.05, 3.63) is 0 Å². The Morgan fingerprint density at radius 3 is 1.52 bits per heavy atom. The average molecular weight is 350 g/mol. The maximum Gasteiger partial charge on any atom is 0.333 e. The van der Waals surface area contributed by atoms with E-state index in [-0.39, 0.29) is 6.10 Å². The monoisotopic (exact) mass is 349 g/mol. The summed E-state index contributed by atoms with van der Waals surface area (Å²) in [7, 11) is -3.81. The minimum Gasteiger partial charge on any atom is -0.255 e. The number of rotatable bonds is 17. The lowest BCUT2D eigenvalue weighted by Crippen LogP contribution is -2.24. The summed E-state index contributed by atoms with van der Waals surface area (Å²) in [6.07, 6.45) is 17.9. The van der Waals surface area contributed by atoms with Crippen LogP contribution in [0.2, 0.25) is 0 Å². The molecular weight excluding hydrogens is 310 g/mol. The zero-order valence-electron chi connectivity index (χ0n) is 15.4. The number of hydrogen-bond acceptors (Lipinski definition) is 3. The van der Waals surface area contributed by atoms with Gasteiger partial charge < -0.3 is 0 Å². The Hall–Kier alpha value is -0.130. The van der Waals surface area contributed by atoms with Crippen molar-refractivity contribution in [2.75, 3.05) is 0 Å². The fraction of sp³-hybridized carbons (Fsp3) is 1.00. The molecule has 0 amide bonds. The third-order valence-electron chi connectivity index (χ3n) is 4.26. The van der Waals surface area contributed by atoms with Gasteiger partial charge in [0.1, 0.15) is 0 Å². The van der Waals surface area contributed by atoms with Crippen molar-refractivity contribution in [2.45, 2.75) is 116 Å². The normalized spacial score (nSPS) is 13.3. The fourth-order valence-electron chi connectivity index (χ4n) is 2.97. The lowest BCUT2D eigenvalue weighted by molar-refractivity contribution is 0.183. The zero-order chi connectivity index (χ0) is 17.4. The van der Waals surface area contributed by atoms with E-state index < -0.39 is 10.3 Å². The predicted molar refractivity (Wildman–Crippen MR) is 98.6 cm³/mol. The maximum absolute atomic E-state index is 11.0. The number of unbranched alkanes of at least 4 members (excludes halogenated alkanes) is 11. The third-order valence-corrected chi connectivity index (χ3v) is 4.80. The van der Waals surface area contributed by atoms with Gasteiger partial charge in [0.2, 0.25) is 0 Å². The van der Waals surface area contributed by atoms with Crippen molar-refractivity contribution < 1.29 is 12.6 Å². The van der Waals surface area contributed by atoms with Crippen LogP contribution in [0.4, 0.5) is 0 Å². The topological polar surface area (TPSA) is 69.4 Å². The molecule has 0 aliphatic rings. The van der Waals surface area contributed by atoms with Crippen molar-refractivity contribution in [1.82, 2.24) is 0 Å². The van der Waals surface area contributed by atoms with E-state index >= 15 is 0 Å². The van der Waals surface area contributed by atoms with E-state index in [0.29, 0.717) is 0 Å². The van der Waals surface area contributed by atoms with E-state index in [1.807, 2.05) is 6.92 Å². The predicted octanol–water partition coefficient (Wildman–Crippen LogP) is 5.47. The summed E-state index contributed by atoms with van der Waals surface area (Å²) < 4.78 is 26.9. The summed E-state index contributed by atoms with van der Waals surface area (Å²) in [6.45, 7) is 4.29. The fourth-order valence-corrected chi connectivity index (χ4v) is 3.54. The molecule has 0 aliphatic carbocycles. The van der Waals surface area contributed by atoms with Gasteiger partial charge in [-0.25, -0.2) is 5.14 Å². The number of nitrogens with two attached hydrogens (primary N) is 1. The molecule has 23 heavy (non-hydrogen) atoms. The molecule has 1 atom stereocenters. The molecule has 0 bridgehead atoms. The number of hydrogen-bond donors (Lipinski definition) is 1. The zero-order valence-corrected chi connectivity index (χ0v) is 16.2. The van der Waals surface area contributed by atoms with Crippen LogP contribution in [0.3, 0.4) is 0 Å². The molecule has 0 aromatic heterocycles. The van der Waals surface area contributed by atoms with Crippen LogP contribution in [-0.2, 0) is 14.5 Å². The van der Waals surface area contributed by atoms with E-state index in [1.165, 1.54) is 64.2 Å². The molecule has 1 unspecified atom stereocenters. The van der Waals surface area contributed by atoms with Gasteiger partial charge in [-0.05, 0) is 12.8 Å². The largest absolute Gasteiger partial charge is 0.333 e. The molecule has 0 rings (SSSR count). The van der Waals surface area contributed by atoms with E-state index in [0.717, 1.165) is 32.1 Å². The Bertz CT molecular complexity index is 344. The van der Waals surface area contributed by atoms with Crippen LogP contribution in [0, 0.1) is 0 Å². The second-order valence-corrected chi connectivity index (χ2v) is 7.86. The molecule has 0 heterocycles. The molecule has 0 saturated heterocycles. The quantitative estimate of drug-likeness (QED) is 0.354. The Balaban J connectivity index is 3.42. The summed E-state index contributed by atoms with van der Waals surface area (Å²) in [4.78, 5) is 0. The molecule has 0 radical (unpaired) electrons. The van der Waals surface area contributed by atoms with Crippen LogP contribution in [-0.4, -0.2) is 14.5 Å². The van der Waals surface area contributed by atoms with E-state index in [9.17, 15) is 8.42 Å². The van der Waals surface area contributed by atoms with E-state index in [1.54, 1.807) is 0 Å². The Morgan fingerprint density at radius 1 is 0.696 bits per heavy atom. The van der Waals surface area contributed by atoms with Gasteiger partial charge in [0, 0.05) is 0 Å². The van der Waals surface area contributed by atoms with Gasteiger partial charge in [-0.3, -0.25) is 4.18 Å². The maximum atomic E-state index is 11.0. The average Bonchev–Trinajstić information content (AvgIpc) is 2.47. The highest BCUT2D eigenvalue weighted by molar-refractivity contribution is 7.84. The summed E-state index contributed by atoms with van der Waals surface area (Å²) in [5.41, 5.74) is 0. The molecule has 0 fully saturated rings. The molecule has 0 aromatic rings. The van der Waals surface area contributed by atoms with Crippen molar-refractivity contribution in [2.24, 2.45) is 5.14 Å². The van der Waals surface area contributed by atoms with E-state index in [4.69, 9.17) is 9.32 Å². The van der Waals surface area contributed by atoms with Gasteiger partial charge in [0.25, 0.3) is 0 Å².